The number of phenolic OH excluding ortho intramolecular Hbond substituents is 2. The number of anilines is 1. The van der Waals surface area contributed by atoms with Gasteiger partial charge in [-0.3, -0.25) is 9.59 Å². The van der Waals surface area contributed by atoms with Crippen molar-refractivity contribution in [2.75, 3.05) is 25.0 Å². The molecule has 0 bridgehead atoms. The standard InChI is InChI=1S/C19H20N2O5/c1-10(22)9-20-7-8-21-12-4-2-3-11-15(12)19(26)17-14(24)6-5-13(23)16(17)18(11)25/h2-6,10,20-24H,7-9H2,1H3. The number of aromatic hydroxyl groups is 2. The number of ketones is 2. The number of phenols is 2. The Morgan fingerprint density at radius 3 is 2.23 bits per heavy atom. The molecule has 0 aromatic heterocycles. The lowest BCUT2D eigenvalue weighted by Gasteiger charge is -2.22. The quantitative estimate of drug-likeness (QED) is 0.333. The predicted octanol–water partition coefficient (Wildman–Crippen LogP) is 1.26. The molecule has 0 radical (unpaired) electrons. The van der Waals surface area contributed by atoms with Crippen LogP contribution in [0.3, 0.4) is 0 Å². The maximum atomic E-state index is 12.9. The van der Waals surface area contributed by atoms with E-state index in [1.807, 2.05) is 0 Å². The van der Waals surface area contributed by atoms with Gasteiger partial charge >= 0.3 is 0 Å². The molecule has 2 aromatic carbocycles. The Morgan fingerprint density at radius 2 is 1.58 bits per heavy atom. The van der Waals surface area contributed by atoms with Crippen LogP contribution in [-0.4, -0.2) is 52.6 Å². The summed E-state index contributed by atoms with van der Waals surface area (Å²) in [5.74, 6) is -1.68. The molecule has 1 atom stereocenters. The van der Waals surface area contributed by atoms with Crippen LogP contribution in [0.2, 0.25) is 0 Å². The van der Waals surface area contributed by atoms with Gasteiger partial charge in [0.15, 0.2) is 11.6 Å². The summed E-state index contributed by atoms with van der Waals surface area (Å²) in [6, 6.07) is 7.25. The molecule has 0 spiro atoms. The Kier molecular flexibility index (Phi) is 4.92. The summed E-state index contributed by atoms with van der Waals surface area (Å²) in [5.41, 5.74) is 0.502. The fraction of sp³-hybridized carbons (Fsp3) is 0.263. The summed E-state index contributed by atoms with van der Waals surface area (Å²) in [4.78, 5) is 25.7. The predicted molar refractivity (Wildman–Crippen MR) is 96.1 cm³/mol. The van der Waals surface area contributed by atoms with Gasteiger partial charge in [-0.15, -0.1) is 0 Å². The van der Waals surface area contributed by atoms with E-state index in [-0.39, 0.29) is 33.8 Å². The summed E-state index contributed by atoms with van der Waals surface area (Å²) in [7, 11) is 0. The molecule has 5 N–H and O–H groups in total. The second-order valence-corrected chi connectivity index (χ2v) is 6.22. The van der Waals surface area contributed by atoms with Crippen LogP contribution >= 0.6 is 0 Å². The molecule has 0 saturated heterocycles. The number of hydrogen-bond donors (Lipinski definition) is 5. The van der Waals surface area contributed by atoms with Crippen molar-refractivity contribution >= 4 is 17.3 Å². The third-order valence-corrected chi connectivity index (χ3v) is 4.21. The molecule has 7 heteroatoms. The van der Waals surface area contributed by atoms with Crippen LogP contribution in [0.15, 0.2) is 30.3 Å². The lowest BCUT2D eigenvalue weighted by Crippen LogP contribution is -2.29. The van der Waals surface area contributed by atoms with Crippen molar-refractivity contribution in [1.29, 1.82) is 0 Å². The molecule has 0 saturated carbocycles. The monoisotopic (exact) mass is 356 g/mol. The minimum atomic E-state index is -0.511. The lowest BCUT2D eigenvalue weighted by molar-refractivity contribution is 0.0974. The number of aliphatic hydroxyl groups excluding tert-OH is 1. The van der Waals surface area contributed by atoms with E-state index < -0.39 is 17.7 Å². The van der Waals surface area contributed by atoms with Gasteiger partial charge in [0.05, 0.1) is 22.8 Å². The van der Waals surface area contributed by atoms with Gasteiger partial charge in [-0.25, -0.2) is 0 Å². The Balaban J connectivity index is 1.91. The van der Waals surface area contributed by atoms with Crippen LogP contribution < -0.4 is 10.6 Å². The smallest absolute Gasteiger partial charge is 0.200 e. The maximum absolute atomic E-state index is 12.9. The first kappa shape index (κ1) is 17.9. The first-order valence-electron chi connectivity index (χ1n) is 8.31. The normalized spacial score (nSPS) is 13.9. The average Bonchev–Trinajstić information content (AvgIpc) is 2.60. The highest BCUT2D eigenvalue weighted by atomic mass is 16.3. The number of carbonyl (C=O) groups excluding carboxylic acids is 2. The molecule has 2 aromatic rings. The van der Waals surface area contributed by atoms with E-state index in [2.05, 4.69) is 10.6 Å². The summed E-state index contributed by atoms with van der Waals surface area (Å²) >= 11 is 0. The molecule has 0 heterocycles. The summed E-state index contributed by atoms with van der Waals surface area (Å²) in [6.45, 7) is 3.16. The van der Waals surface area contributed by atoms with Crippen LogP contribution in [-0.2, 0) is 0 Å². The van der Waals surface area contributed by atoms with E-state index in [9.17, 15) is 24.9 Å². The van der Waals surface area contributed by atoms with Crippen molar-refractivity contribution in [1.82, 2.24) is 5.32 Å². The number of benzene rings is 2. The number of nitrogens with one attached hydrogen (secondary N) is 2. The van der Waals surface area contributed by atoms with Gasteiger partial charge in [-0.1, -0.05) is 12.1 Å². The van der Waals surface area contributed by atoms with E-state index in [1.165, 1.54) is 18.2 Å². The minimum Gasteiger partial charge on any atom is -0.507 e. The molecular weight excluding hydrogens is 336 g/mol. The zero-order valence-corrected chi connectivity index (χ0v) is 14.2. The number of hydrogen-bond acceptors (Lipinski definition) is 7. The van der Waals surface area contributed by atoms with Crippen molar-refractivity contribution < 1.29 is 24.9 Å². The fourth-order valence-electron chi connectivity index (χ4n) is 3.03. The second kappa shape index (κ2) is 7.15. The van der Waals surface area contributed by atoms with Crippen LogP contribution in [0.4, 0.5) is 5.69 Å². The molecule has 0 fully saturated rings. The van der Waals surface area contributed by atoms with Gasteiger partial charge in [-0.05, 0) is 25.1 Å². The molecule has 1 aliphatic rings. The second-order valence-electron chi connectivity index (χ2n) is 6.22. The van der Waals surface area contributed by atoms with Crippen molar-refractivity contribution in [2.24, 2.45) is 0 Å². The molecule has 136 valence electrons. The topological polar surface area (TPSA) is 119 Å². The largest absolute Gasteiger partial charge is 0.507 e. The van der Waals surface area contributed by atoms with E-state index in [0.717, 1.165) is 0 Å². The molecule has 0 amide bonds. The number of fused-ring (bicyclic) bond motifs is 2. The van der Waals surface area contributed by atoms with E-state index in [4.69, 9.17) is 0 Å². The molecule has 7 nitrogen and oxygen atoms in total. The highest BCUT2D eigenvalue weighted by Crippen LogP contribution is 2.39. The Hall–Kier alpha value is -2.90. The Morgan fingerprint density at radius 1 is 0.923 bits per heavy atom. The average molecular weight is 356 g/mol. The van der Waals surface area contributed by atoms with E-state index in [1.54, 1.807) is 19.1 Å². The zero-order chi connectivity index (χ0) is 18.8. The third kappa shape index (κ3) is 3.14. The molecule has 3 rings (SSSR count). The minimum absolute atomic E-state index is 0.168. The van der Waals surface area contributed by atoms with Gasteiger partial charge in [-0.2, -0.15) is 0 Å². The zero-order valence-electron chi connectivity index (χ0n) is 14.2. The van der Waals surface area contributed by atoms with Crippen molar-refractivity contribution in [3.8, 4) is 11.5 Å². The highest BCUT2D eigenvalue weighted by molar-refractivity contribution is 6.31. The Bertz CT molecular complexity index is 876. The maximum Gasteiger partial charge on any atom is 0.200 e. The van der Waals surface area contributed by atoms with Gasteiger partial charge in [0.2, 0.25) is 0 Å². The van der Waals surface area contributed by atoms with Crippen LogP contribution in [0.1, 0.15) is 38.8 Å². The summed E-state index contributed by atoms with van der Waals surface area (Å²) in [6.07, 6.45) is -0.453. The lowest BCUT2D eigenvalue weighted by atomic mass is 9.82. The van der Waals surface area contributed by atoms with Gasteiger partial charge in [0.1, 0.15) is 11.5 Å². The molecule has 1 unspecified atom stereocenters. The van der Waals surface area contributed by atoms with Gasteiger partial charge < -0.3 is 26.0 Å². The Labute approximate surface area is 150 Å². The first-order chi connectivity index (χ1) is 12.4. The summed E-state index contributed by atoms with van der Waals surface area (Å²) < 4.78 is 0. The van der Waals surface area contributed by atoms with Crippen LogP contribution in [0.25, 0.3) is 0 Å². The summed E-state index contributed by atoms with van der Waals surface area (Å²) in [5, 5.41) is 35.4. The molecule has 0 aliphatic heterocycles. The fourth-order valence-corrected chi connectivity index (χ4v) is 3.03. The van der Waals surface area contributed by atoms with Gasteiger partial charge in [0, 0.05) is 30.9 Å². The molecular formula is C19H20N2O5. The van der Waals surface area contributed by atoms with Crippen molar-refractivity contribution in [3.05, 3.63) is 52.6 Å². The van der Waals surface area contributed by atoms with Crippen molar-refractivity contribution in [3.63, 3.8) is 0 Å². The number of rotatable bonds is 6. The van der Waals surface area contributed by atoms with Crippen LogP contribution in [0, 0.1) is 0 Å². The number of aliphatic hydroxyl groups is 1. The highest BCUT2D eigenvalue weighted by Gasteiger charge is 2.35. The third-order valence-electron chi connectivity index (χ3n) is 4.21. The van der Waals surface area contributed by atoms with Crippen LogP contribution in [0.5, 0.6) is 11.5 Å². The first-order valence-corrected chi connectivity index (χ1v) is 8.31. The SMILES string of the molecule is CC(O)CNCCNc1cccc2c1C(=O)c1c(O)ccc(O)c1C2=O. The number of carbonyl (C=O) groups is 2. The van der Waals surface area contributed by atoms with Crippen molar-refractivity contribution in [2.45, 2.75) is 13.0 Å². The van der Waals surface area contributed by atoms with E-state index >= 15 is 0 Å². The van der Waals surface area contributed by atoms with Gasteiger partial charge in [0.25, 0.3) is 0 Å². The molecule has 1 aliphatic carbocycles. The molecule has 26 heavy (non-hydrogen) atoms. The van der Waals surface area contributed by atoms with E-state index in [0.29, 0.717) is 25.3 Å².